The molecule has 0 aliphatic rings. The third-order valence-electron chi connectivity index (χ3n) is 4.32. The molecule has 0 fully saturated rings. The zero-order chi connectivity index (χ0) is 18.9. The predicted molar refractivity (Wildman–Crippen MR) is 110 cm³/mol. The number of hydrogen-bond donors (Lipinski definition) is 2. The first-order chi connectivity index (χ1) is 12.5. The lowest BCUT2D eigenvalue weighted by Gasteiger charge is -2.24. The Labute approximate surface area is 160 Å². The first-order valence-corrected chi connectivity index (χ1v) is 9.67. The van der Waals surface area contributed by atoms with E-state index in [0.29, 0.717) is 18.4 Å². The highest BCUT2D eigenvalue weighted by Gasteiger charge is 2.16. The lowest BCUT2D eigenvalue weighted by Crippen LogP contribution is -2.44. The second-order valence-electron chi connectivity index (χ2n) is 6.52. The van der Waals surface area contributed by atoms with Crippen molar-refractivity contribution in [1.82, 2.24) is 15.5 Å². The van der Waals surface area contributed by atoms with E-state index in [2.05, 4.69) is 65.2 Å². The summed E-state index contributed by atoms with van der Waals surface area (Å²) in [5.74, 6) is 0.948. The Bertz CT molecular complexity index is 698. The van der Waals surface area contributed by atoms with Gasteiger partial charge >= 0.3 is 0 Å². The van der Waals surface area contributed by atoms with Crippen LogP contribution in [0.4, 0.5) is 0 Å². The average Bonchev–Trinajstić information content (AvgIpc) is 3.17. The van der Waals surface area contributed by atoms with Crippen LogP contribution in [0.2, 0.25) is 0 Å². The Morgan fingerprint density at radius 2 is 1.88 bits per heavy atom. The molecular weight excluding hydrogens is 344 g/mol. The standard InChI is InChI=1S/C20H28N4OS/c1-15(17-9-6-5-7-10-17)16(2)23-20(22-14-19(25)24(3)4)21-13-18-11-8-12-26-18/h5-12,15-16H,13-14H2,1-4H3,(H2,21,22,23). The van der Waals surface area contributed by atoms with E-state index < -0.39 is 0 Å². The highest BCUT2D eigenvalue weighted by atomic mass is 32.1. The Kier molecular flexibility index (Phi) is 7.66. The van der Waals surface area contributed by atoms with Crippen LogP contribution in [0.5, 0.6) is 0 Å². The maximum atomic E-state index is 11.9. The van der Waals surface area contributed by atoms with Crippen LogP contribution in [-0.4, -0.2) is 43.4 Å². The number of guanidine groups is 1. The van der Waals surface area contributed by atoms with Gasteiger partial charge in [-0.2, -0.15) is 0 Å². The van der Waals surface area contributed by atoms with Gasteiger partial charge in [0.15, 0.2) is 5.96 Å². The largest absolute Gasteiger partial charge is 0.353 e. The van der Waals surface area contributed by atoms with Crippen LogP contribution < -0.4 is 10.6 Å². The van der Waals surface area contributed by atoms with Crippen molar-refractivity contribution >= 4 is 23.2 Å². The van der Waals surface area contributed by atoms with Gasteiger partial charge in [0.2, 0.25) is 5.91 Å². The molecule has 0 aliphatic heterocycles. The first-order valence-electron chi connectivity index (χ1n) is 8.79. The molecule has 5 nitrogen and oxygen atoms in total. The van der Waals surface area contributed by atoms with Crippen LogP contribution in [0, 0.1) is 0 Å². The van der Waals surface area contributed by atoms with Gasteiger partial charge in [0.1, 0.15) is 6.54 Å². The summed E-state index contributed by atoms with van der Waals surface area (Å²) < 4.78 is 0. The summed E-state index contributed by atoms with van der Waals surface area (Å²) in [6.45, 7) is 5.13. The van der Waals surface area contributed by atoms with E-state index >= 15 is 0 Å². The van der Waals surface area contributed by atoms with Gasteiger partial charge in [-0.1, -0.05) is 43.3 Å². The molecule has 0 saturated heterocycles. The first kappa shape index (κ1) is 20.0. The molecule has 0 saturated carbocycles. The SMILES string of the molecule is CC(NC(=NCC(=O)N(C)C)NCc1cccs1)C(C)c1ccccc1. The summed E-state index contributed by atoms with van der Waals surface area (Å²) in [6.07, 6.45) is 0. The molecule has 1 heterocycles. The van der Waals surface area contributed by atoms with Gasteiger partial charge < -0.3 is 15.5 Å². The molecule has 6 heteroatoms. The number of amides is 1. The molecule has 0 radical (unpaired) electrons. The fourth-order valence-corrected chi connectivity index (χ4v) is 3.06. The Balaban J connectivity index is 2.03. The molecule has 0 bridgehead atoms. The van der Waals surface area contributed by atoms with Crippen molar-refractivity contribution in [3.8, 4) is 0 Å². The molecule has 0 aliphatic carbocycles. The predicted octanol–water partition coefficient (Wildman–Crippen LogP) is 3.06. The molecule has 1 aromatic carbocycles. The maximum absolute atomic E-state index is 11.9. The lowest BCUT2D eigenvalue weighted by molar-refractivity contribution is -0.127. The monoisotopic (exact) mass is 372 g/mol. The number of rotatable bonds is 7. The number of likely N-dealkylation sites (N-methyl/N-ethyl adjacent to an activating group) is 1. The van der Waals surface area contributed by atoms with E-state index in [1.54, 1.807) is 30.3 Å². The number of hydrogen-bond acceptors (Lipinski definition) is 3. The zero-order valence-corrected chi connectivity index (χ0v) is 16.7. The number of carbonyl (C=O) groups is 1. The summed E-state index contributed by atoms with van der Waals surface area (Å²) in [5.41, 5.74) is 1.27. The van der Waals surface area contributed by atoms with E-state index in [-0.39, 0.29) is 18.5 Å². The van der Waals surface area contributed by atoms with Crippen molar-refractivity contribution in [3.05, 3.63) is 58.3 Å². The van der Waals surface area contributed by atoms with Crippen molar-refractivity contribution in [2.24, 2.45) is 4.99 Å². The van der Waals surface area contributed by atoms with E-state index in [0.717, 1.165) is 0 Å². The van der Waals surface area contributed by atoms with E-state index in [9.17, 15) is 4.79 Å². The van der Waals surface area contributed by atoms with Crippen molar-refractivity contribution in [1.29, 1.82) is 0 Å². The van der Waals surface area contributed by atoms with E-state index in [1.165, 1.54) is 10.4 Å². The molecule has 2 aromatic rings. The smallest absolute Gasteiger partial charge is 0.243 e. The van der Waals surface area contributed by atoms with Gasteiger partial charge in [0, 0.05) is 30.9 Å². The Hall–Kier alpha value is -2.34. The lowest BCUT2D eigenvalue weighted by atomic mass is 9.94. The van der Waals surface area contributed by atoms with E-state index in [1.807, 2.05) is 12.1 Å². The summed E-state index contributed by atoms with van der Waals surface area (Å²) >= 11 is 1.70. The molecule has 1 amide bonds. The summed E-state index contributed by atoms with van der Waals surface area (Å²) in [4.78, 5) is 19.1. The van der Waals surface area contributed by atoms with Crippen molar-refractivity contribution in [2.75, 3.05) is 20.6 Å². The quantitative estimate of drug-likeness (QED) is 0.580. The van der Waals surface area contributed by atoms with Gasteiger partial charge in [0.05, 0.1) is 6.54 Å². The zero-order valence-electron chi connectivity index (χ0n) is 15.9. The van der Waals surface area contributed by atoms with Crippen molar-refractivity contribution in [3.63, 3.8) is 0 Å². The van der Waals surface area contributed by atoms with Gasteiger partial charge in [-0.15, -0.1) is 11.3 Å². The molecule has 140 valence electrons. The topological polar surface area (TPSA) is 56.7 Å². The van der Waals surface area contributed by atoms with Crippen LogP contribution in [0.15, 0.2) is 52.8 Å². The van der Waals surface area contributed by atoms with Gasteiger partial charge in [-0.3, -0.25) is 4.79 Å². The number of thiophene rings is 1. The van der Waals surface area contributed by atoms with Gasteiger partial charge in [-0.05, 0) is 23.9 Å². The normalized spacial score (nSPS) is 13.8. The molecule has 0 spiro atoms. The highest BCUT2D eigenvalue weighted by Crippen LogP contribution is 2.18. The van der Waals surface area contributed by atoms with Crippen LogP contribution >= 0.6 is 11.3 Å². The third-order valence-corrected chi connectivity index (χ3v) is 5.20. The molecule has 2 rings (SSSR count). The van der Waals surface area contributed by atoms with Gasteiger partial charge in [-0.25, -0.2) is 4.99 Å². The van der Waals surface area contributed by atoms with Crippen molar-refractivity contribution < 1.29 is 4.79 Å². The highest BCUT2D eigenvalue weighted by molar-refractivity contribution is 7.09. The molecule has 1 aromatic heterocycles. The molecule has 2 unspecified atom stereocenters. The Morgan fingerprint density at radius 1 is 1.15 bits per heavy atom. The van der Waals surface area contributed by atoms with Crippen LogP contribution in [-0.2, 0) is 11.3 Å². The molecule has 2 atom stereocenters. The Morgan fingerprint density at radius 3 is 2.50 bits per heavy atom. The fraction of sp³-hybridized carbons (Fsp3) is 0.400. The fourth-order valence-electron chi connectivity index (χ4n) is 2.41. The van der Waals surface area contributed by atoms with Crippen LogP contribution in [0.3, 0.4) is 0 Å². The van der Waals surface area contributed by atoms with Crippen LogP contribution in [0.1, 0.15) is 30.2 Å². The van der Waals surface area contributed by atoms with E-state index in [4.69, 9.17) is 0 Å². The molecule has 2 N–H and O–H groups in total. The summed E-state index contributed by atoms with van der Waals surface area (Å²) in [7, 11) is 3.48. The minimum atomic E-state index is -0.0222. The van der Waals surface area contributed by atoms with Crippen LogP contribution in [0.25, 0.3) is 0 Å². The second kappa shape index (κ2) is 9.97. The summed E-state index contributed by atoms with van der Waals surface area (Å²) in [6, 6.07) is 14.7. The summed E-state index contributed by atoms with van der Waals surface area (Å²) in [5, 5.41) is 8.83. The third kappa shape index (κ3) is 6.19. The number of carbonyl (C=O) groups excluding carboxylic acids is 1. The molecule has 26 heavy (non-hydrogen) atoms. The average molecular weight is 373 g/mol. The number of nitrogens with zero attached hydrogens (tertiary/aromatic N) is 2. The second-order valence-corrected chi connectivity index (χ2v) is 7.55. The maximum Gasteiger partial charge on any atom is 0.243 e. The number of aliphatic imine (C=N–C) groups is 1. The van der Waals surface area contributed by atoms with Gasteiger partial charge in [0.25, 0.3) is 0 Å². The number of benzene rings is 1. The minimum Gasteiger partial charge on any atom is -0.353 e. The number of nitrogens with one attached hydrogen (secondary N) is 2. The molecular formula is C20H28N4OS. The minimum absolute atomic E-state index is 0.0222. The van der Waals surface area contributed by atoms with Crippen molar-refractivity contribution in [2.45, 2.75) is 32.4 Å².